The number of esters is 1. The van der Waals surface area contributed by atoms with Gasteiger partial charge in [0.2, 0.25) is 5.76 Å². The molecule has 0 saturated heterocycles. The van der Waals surface area contributed by atoms with Gasteiger partial charge in [-0.15, -0.1) is 0 Å². The Balaban J connectivity index is 1.75. The lowest BCUT2D eigenvalue weighted by atomic mass is 9.98. The van der Waals surface area contributed by atoms with Crippen molar-refractivity contribution in [2.45, 2.75) is 19.9 Å². The Hall–Kier alpha value is -4.44. The number of thiazole rings is 1. The number of rotatable bonds is 8. The molecule has 9 nitrogen and oxygen atoms in total. The van der Waals surface area contributed by atoms with E-state index in [1.54, 1.807) is 55.5 Å². The molecule has 194 valence electrons. The van der Waals surface area contributed by atoms with Crippen LogP contribution < -0.4 is 19.8 Å². The Morgan fingerprint density at radius 1 is 1.18 bits per heavy atom. The minimum absolute atomic E-state index is 0.0730. The molecule has 1 aliphatic heterocycles. The first-order chi connectivity index (χ1) is 18.4. The number of anilines is 1. The van der Waals surface area contributed by atoms with Crippen molar-refractivity contribution in [3.63, 3.8) is 0 Å². The highest BCUT2D eigenvalue weighted by atomic mass is 32.1. The van der Waals surface area contributed by atoms with Crippen LogP contribution in [0, 0.1) is 6.92 Å². The van der Waals surface area contributed by atoms with Crippen molar-refractivity contribution >= 4 is 39.3 Å². The molecule has 0 aliphatic carbocycles. The van der Waals surface area contributed by atoms with Crippen LogP contribution in [0.1, 0.15) is 50.0 Å². The Labute approximate surface area is 221 Å². The molecule has 3 heterocycles. The minimum atomic E-state index is -0.887. The molecule has 38 heavy (non-hydrogen) atoms. The van der Waals surface area contributed by atoms with E-state index in [1.165, 1.54) is 12.0 Å². The third-order valence-electron chi connectivity index (χ3n) is 6.08. The van der Waals surface area contributed by atoms with Crippen LogP contribution in [0.25, 0.3) is 11.0 Å². The number of aromatic nitrogens is 1. The van der Waals surface area contributed by atoms with E-state index in [0.717, 1.165) is 11.3 Å². The maximum atomic E-state index is 13.8. The fraction of sp³-hybridized carbons (Fsp3) is 0.214. The molecule has 2 aromatic carbocycles. The second kappa shape index (κ2) is 10.1. The van der Waals surface area contributed by atoms with Crippen molar-refractivity contribution in [2.75, 3.05) is 25.2 Å². The van der Waals surface area contributed by atoms with Crippen molar-refractivity contribution in [3.8, 4) is 11.5 Å². The predicted molar refractivity (Wildman–Crippen MR) is 143 cm³/mol. The summed E-state index contributed by atoms with van der Waals surface area (Å²) in [4.78, 5) is 46.1. The van der Waals surface area contributed by atoms with Crippen molar-refractivity contribution in [1.29, 1.82) is 0 Å². The molecule has 5 rings (SSSR count). The van der Waals surface area contributed by atoms with Crippen LogP contribution in [0.2, 0.25) is 0 Å². The molecule has 0 spiro atoms. The van der Waals surface area contributed by atoms with Crippen LogP contribution in [0.3, 0.4) is 0 Å². The number of para-hydroxylation sites is 1. The smallest absolute Gasteiger partial charge is 0.350 e. The third kappa shape index (κ3) is 4.12. The van der Waals surface area contributed by atoms with E-state index in [4.69, 9.17) is 18.6 Å². The van der Waals surface area contributed by atoms with Gasteiger partial charge in [0.1, 0.15) is 17.1 Å². The maximum absolute atomic E-state index is 13.8. The van der Waals surface area contributed by atoms with E-state index in [1.807, 2.05) is 6.92 Å². The number of fused-ring (bicyclic) bond motifs is 2. The first kappa shape index (κ1) is 25.2. The summed E-state index contributed by atoms with van der Waals surface area (Å²) in [5, 5.41) is 0.588. The molecule has 0 saturated carbocycles. The lowest BCUT2D eigenvalue weighted by Crippen LogP contribution is -2.29. The third-order valence-corrected chi connectivity index (χ3v) is 7.22. The van der Waals surface area contributed by atoms with E-state index in [-0.39, 0.29) is 33.4 Å². The number of ether oxygens (including phenoxy) is 3. The molecule has 0 unspecified atom stereocenters. The lowest BCUT2D eigenvalue weighted by molar-refractivity contribution is 0.0605. The summed E-state index contributed by atoms with van der Waals surface area (Å²) in [5.41, 5.74) is 1.16. The molecule has 0 fully saturated rings. The Kier molecular flexibility index (Phi) is 6.73. The van der Waals surface area contributed by atoms with E-state index < -0.39 is 17.9 Å². The molecule has 1 amide bonds. The summed E-state index contributed by atoms with van der Waals surface area (Å²) >= 11 is 1.01. The average Bonchev–Trinajstić information content (AvgIpc) is 3.45. The van der Waals surface area contributed by atoms with Crippen molar-refractivity contribution in [3.05, 3.63) is 92.8 Å². The highest BCUT2D eigenvalue weighted by Crippen LogP contribution is 2.44. The van der Waals surface area contributed by atoms with E-state index in [9.17, 15) is 14.4 Å². The topological polar surface area (TPSA) is 108 Å². The fourth-order valence-electron chi connectivity index (χ4n) is 4.43. The standard InChI is InChI=1S/C28H24N2O7S/c1-5-13-36-19-12-11-16(14-20(19)35-6-2)22-21-23(31)17-9-7-8-10-18(17)37-24(21)26(32)30(22)28-29-15(3)25(38-28)27(33)34-4/h5,7-12,14,22H,1,6,13H2,2-4H3/t22-/m1/s1. The van der Waals surface area contributed by atoms with Gasteiger partial charge in [0.05, 0.1) is 36.4 Å². The summed E-state index contributed by atoms with van der Waals surface area (Å²) in [7, 11) is 1.28. The number of carbonyl (C=O) groups is 2. The first-order valence-corrected chi connectivity index (χ1v) is 12.7. The molecule has 4 aromatic rings. The van der Waals surface area contributed by atoms with Gasteiger partial charge in [-0.05, 0) is 43.7 Å². The predicted octanol–water partition coefficient (Wildman–Crippen LogP) is 5.06. The normalized spacial score (nSPS) is 14.4. The van der Waals surface area contributed by atoms with Gasteiger partial charge in [-0.2, -0.15) is 0 Å². The number of benzene rings is 2. The van der Waals surface area contributed by atoms with Gasteiger partial charge < -0.3 is 18.6 Å². The molecule has 0 radical (unpaired) electrons. The van der Waals surface area contributed by atoms with Crippen LogP contribution in [-0.2, 0) is 4.74 Å². The average molecular weight is 533 g/mol. The summed E-state index contributed by atoms with van der Waals surface area (Å²) in [6.07, 6.45) is 1.62. The number of methoxy groups -OCH3 is 1. The van der Waals surface area contributed by atoms with Gasteiger partial charge in [0.15, 0.2) is 22.1 Å². The SMILES string of the molecule is C=CCOc1ccc([C@@H]2c3c(oc4ccccc4c3=O)C(=O)N2c2nc(C)c(C(=O)OC)s2)cc1OCC. The quantitative estimate of drug-likeness (QED) is 0.229. The maximum Gasteiger partial charge on any atom is 0.350 e. The summed E-state index contributed by atoms with van der Waals surface area (Å²) in [6, 6.07) is 11.1. The second-order valence-corrected chi connectivity index (χ2v) is 9.37. The molecule has 1 atom stereocenters. The molecule has 10 heteroatoms. The van der Waals surface area contributed by atoms with Crippen LogP contribution in [0.5, 0.6) is 11.5 Å². The fourth-order valence-corrected chi connectivity index (χ4v) is 5.44. The first-order valence-electron chi connectivity index (χ1n) is 11.8. The monoisotopic (exact) mass is 532 g/mol. The molecule has 2 aromatic heterocycles. The number of nitrogens with zero attached hydrogens (tertiary/aromatic N) is 2. The Bertz CT molecular complexity index is 1640. The molecule has 0 N–H and O–H groups in total. The van der Waals surface area contributed by atoms with Gasteiger partial charge in [0, 0.05) is 0 Å². The van der Waals surface area contributed by atoms with Gasteiger partial charge in [-0.1, -0.05) is 42.2 Å². The zero-order valence-corrected chi connectivity index (χ0v) is 21.8. The van der Waals surface area contributed by atoms with Crippen molar-refractivity contribution in [2.24, 2.45) is 0 Å². The van der Waals surface area contributed by atoms with Crippen molar-refractivity contribution < 1.29 is 28.2 Å². The second-order valence-electron chi connectivity index (χ2n) is 8.39. The van der Waals surface area contributed by atoms with Gasteiger partial charge in [-0.3, -0.25) is 14.5 Å². The summed E-state index contributed by atoms with van der Waals surface area (Å²) < 4.78 is 22.4. The molecular weight excluding hydrogens is 508 g/mol. The zero-order chi connectivity index (χ0) is 27.0. The number of hydrogen-bond donors (Lipinski definition) is 0. The van der Waals surface area contributed by atoms with Crippen molar-refractivity contribution in [1.82, 2.24) is 4.98 Å². The van der Waals surface area contributed by atoms with Crippen LogP contribution >= 0.6 is 11.3 Å². The van der Waals surface area contributed by atoms with Gasteiger partial charge in [0.25, 0.3) is 5.91 Å². The Morgan fingerprint density at radius 3 is 2.71 bits per heavy atom. The molecule has 1 aliphatic rings. The molecule has 0 bridgehead atoms. The number of hydrogen-bond acceptors (Lipinski definition) is 9. The molecular formula is C28H24N2O7S. The number of carbonyl (C=O) groups excluding carboxylic acids is 2. The van der Waals surface area contributed by atoms with Gasteiger partial charge >= 0.3 is 5.97 Å². The van der Waals surface area contributed by atoms with Crippen LogP contribution in [-0.4, -0.2) is 37.2 Å². The van der Waals surface area contributed by atoms with E-state index in [2.05, 4.69) is 11.6 Å². The van der Waals surface area contributed by atoms with Crippen LogP contribution in [0.15, 0.2) is 64.3 Å². The lowest BCUT2D eigenvalue weighted by Gasteiger charge is -2.23. The minimum Gasteiger partial charge on any atom is -0.490 e. The van der Waals surface area contributed by atoms with Gasteiger partial charge in [-0.25, -0.2) is 9.78 Å². The zero-order valence-electron chi connectivity index (χ0n) is 21.0. The largest absolute Gasteiger partial charge is 0.490 e. The number of amides is 1. The highest BCUT2D eigenvalue weighted by molar-refractivity contribution is 7.17. The van der Waals surface area contributed by atoms with Crippen LogP contribution in [0.4, 0.5) is 5.13 Å². The number of aryl methyl sites for hydroxylation is 1. The van der Waals surface area contributed by atoms with E-state index in [0.29, 0.717) is 40.3 Å². The summed E-state index contributed by atoms with van der Waals surface area (Å²) in [5.74, 6) is -0.230. The highest BCUT2D eigenvalue weighted by Gasteiger charge is 2.45. The van der Waals surface area contributed by atoms with E-state index >= 15 is 0 Å². The Morgan fingerprint density at radius 2 is 1.97 bits per heavy atom. The summed E-state index contributed by atoms with van der Waals surface area (Å²) in [6.45, 7) is 7.83.